The topological polar surface area (TPSA) is 85.4 Å². The summed E-state index contributed by atoms with van der Waals surface area (Å²) in [6.45, 7) is 0.702. The Hall–Kier alpha value is -3.61. The summed E-state index contributed by atoms with van der Waals surface area (Å²) in [6, 6.07) is 16.8. The molecule has 0 saturated heterocycles. The first-order valence-corrected chi connectivity index (χ1v) is 8.83. The van der Waals surface area contributed by atoms with Gasteiger partial charge >= 0.3 is 5.97 Å². The van der Waals surface area contributed by atoms with E-state index < -0.39 is 0 Å². The zero-order valence-corrected chi connectivity index (χ0v) is 15.8. The Morgan fingerprint density at radius 1 is 1.07 bits per heavy atom. The van der Waals surface area contributed by atoms with Gasteiger partial charge in [-0.15, -0.1) is 0 Å². The summed E-state index contributed by atoms with van der Waals surface area (Å²) in [5, 5.41) is 6.39. The molecule has 28 heavy (non-hydrogen) atoms. The standard InChI is InChI=1S/C21H22N4O3/c1-27-18-8-6-15(7-9-18)10-12-22-21-23-13-11-19(25-21)24-17-5-3-4-16(14-17)20(26)28-2/h3-9,11,13-14H,10,12H2,1-2H3,(H2,22,23,24,25). The van der Waals surface area contributed by atoms with Crippen molar-refractivity contribution >= 4 is 23.4 Å². The number of anilines is 3. The average Bonchev–Trinajstić information content (AvgIpc) is 2.74. The molecule has 1 heterocycles. The molecular weight excluding hydrogens is 356 g/mol. The number of hydrogen-bond acceptors (Lipinski definition) is 7. The molecule has 144 valence electrons. The molecule has 0 bridgehead atoms. The summed E-state index contributed by atoms with van der Waals surface area (Å²) in [6.07, 6.45) is 2.52. The highest BCUT2D eigenvalue weighted by Crippen LogP contribution is 2.17. The van der Waals surface area contributed by atoms with E-state index >= 15 is 0 Å². The summed E-state index contributed by atoms with van der Waals surface area (Å²) in [5.41, 5.74) is 2.41. The van der Waals surface area contributed by atoms with E-state index in [-0.39, 0.29) is 5.97 Å². The second kappa shape index (κ2) is 9.36. The molecule has 3 rings (SSSR count). The van der Waals surface area contributed by atoms with Gasteiger partial charge in [-0.1, -0.05) is 18.2 Å². The molecule has 0 unspecified atom stereocenters. The van der Waals surface area contributed by atoms with Crippen LogP contribution in [0.2, 0.25) is 0 Å². The monoisotopic (exact) mass is 378 g/mol. The van der Waals surface area contributed by atoms with Gasteiger partial charge in [0.25, 0.3) is 0 Å². The molecule has 0 aliphatic heterocycles. The van der Waals surface area contributed by atoms with Gasteiger partial charge in [0.2, 0.25) is 5.95 Å². The molecule has 3 aromatic rings. The minimum Gasteiger partial charge on any atom is -0.497 e. The summed E-state index contributed by atoms with van der Waals surface area (Å²) in [7, 11) is 3.01. The molecule has 0 saturated carbocycles. The van der Waals surface area contributed by atoms with Crippen molar-refractivity contribution in [2.45, 2.75) is 6.42 Å². The van der Waals surface area contributed by atoms with Crippen LogP contribution in [0.3, 0.4) is 0 Å². The molecule has 2 N–H and O–H groups in total. The van der Waals surface area contributed by atoms with Gasteiger partial charge in [0.05, 0.1) is 19.8 Å². The maximum absolute atomic E-state index is 11.7. The van der Waals surface area contributed by atoms with E-state index in [0.717, 1.165) is 17.9 Å². The average molecular weight is 378 g/mol. The molecule has 0 aliphatic carbocycles. The summed E-state index contributed by atoms with van der Waals surface area (Å²) < 4.78 is 9.91. The summed E-state index contributed by atoms with van der Waals surface area (Å²) in [5.74, 6) is 1.62. The van der Waals surface area contributed by atoms with E-state index in [4.69, 9.17) is 9.47 Å². The highest BCUT2D eigenvalue weighted by molar-refractivity contribution is 5.90. The molecule has 1 aromatic heterocycles. The SMILES string of the molecule is COC(=O)c1cccc(Nc2ccnc(NCCc3ccc(OC)cc3)n2)c1. The van der Waals surface area contributed by atoms with Gasteiger partial charge in [-0.25, -0.2) is 9.78 Å². The second-order valence-corrected chi connectivity index (χ2v) is 5.99. The van der Waals surface area contributed by atoms with Crippen molar-refractivity contribution in [1.82, 2.24) is 9.97 Å². The van der Waals surface area contributed by atoms with Gasteiger partial charge in [-0.3, -0.25) is 0 Å². The van der Waals surface area contributed by atoms with Crippen LogP contribution in [-0.4, -0.2) is 36.7 Å². The zero-order chi connectivity index (χ0) is 19.8. The molecule has 7 heteroatoms. The lowest BCUT2D eigenvalue weighted by molar-refractivity contribution is 0.0601. The van der Waals surface area contributed by atoms with Crippen LogP contribution in [0.15, 0.2) is 60.8 Å². The highest BCUT2D eigenvalue weighted by Gasteiger charge is 2.06. The van der Waals surface area contributed by atoms with Gasteiger partial charge in [0.15, 0.2) is 0 Å². The van der Waals surface area contributed by atoms with E-state index in [1.807, 2.05) is 30.3 Å². The maximum atomic E-state index is 11.7. The maximum Gasteiger partial charge on any atom is 0.337 e. The van der Waals surface area contributed by atoms with Crippen LogP contribution in [0.4, 0.5) is 17.5 Å². The van der Waals surface area contributed by atoms with E-state index in [9.17, 15) is 4.79 Å². The van der Waals surface area contributed by atoms with E-state index in [1.165, 1.54) is 12.7 Å². The van der Waals surface area contributed by atoms with E-state index in [2.05, 4.69) is 20.6 Å². The zero-order valence-electron chi connectivity index (χ0n) is 15.8. The molecular formula is C21H22N4O3. The molecule has 0 spiro atoms. The molecule has 7 nitrogen and oxygen atoms in total. The lowest BCUT2D eigenvalue weighted by atomic mass is 10.1. The first-order chi connectivity index (χ1) is 13.7. The largest absolute Gasteiger partial charge is 0.497 e. The fraction of sp³-hybridized carbons (Fsp3) is 0.190. The number of methoxy groups -OCH3 is 2. The van der Waals surface area contributed by atoms with E-state index in [1.54, 1.807) is 37.6 Å². The first-order valence-electron chi connectivity index (χ1n) is 8.83. The third-order valence-corrected chi connectivity index (χ3v) is 4.07. The Bertz CT molecular complexity index is 929. The van der Waals surface area contributed by atoms with Crippen molar-refractivity contribution in [2.24, 2.45) is 0 Å². The minimum atomic E-state index is -0.382. The summed E-state index contributed by atoms with van der Waals surface area (Å²) in [4.78, 5) is 20.3. The number of hydrogen-bond donors (Lipinski definition) is 2. The van der Waals surface area contributed by atoms with Crippen molar-refractivity contribution in [3.63, 3.8) is 0 Å². The van der Waals surface area contributed by atoms with Crippen LogP contribution >= 0.6 is 0 Å². The number of nitrogens with zero attached hydrogens (tertiary/aromatic N) is 2. The number of nitrogens with one attached hydrogen (secondary N) is 2. The smallest absolute Gasteiger partial charge is 0.337 e. The third kappa shape index (κ3) is 5.20. The molecule has 0 amide bonds. The lowest BCUT2D eigenvalue weighted by Crippen LogP contribution is -2.08. The quantitative estimate of drug-likeness (QED) is 0.579. The van der Waals surface area contributed by atoms with Crippen LogP contribution in [0.1, 0.15) is 15.9 Å². The Morgan fingerprint density at radius 2 is 1.89 bits per heavy atom. The van der Waals surface area contributed by atoms with Crippen molar-refractivity contribution in [2.75, 3.05) is 31.4 Å². The van der Waals surface area contributed by atoms with Gasteiger partial charge in [0.1, 0.15) is 11.6 Å². The first kappa shape index (κ1) is 19.2. The lowest BCUT2D eigenvalue weighted by Gasteiger charge is -2.09. The van der Waals surface area contributed by atoms with Crippen LogP contribution in [0.5, 0.6) is 5.75 Å². The Morgan fingerprint density at radius 3 is 2.64 bits per heavy atom. The summed E-state index contributed by atoms with van der Waals surface area (Å²) >= 11 is 0. The molecule has 2 aromatic carbocycles. The number of esters is 1. The number of carbonyl (C=O) groups is 1. The van der Waals surface area contributed by atoms with Crippen molar-refractivity contribution < 1.29 is 14.3 Å². The fourth-order valence-electron chi connectivity index (χ4n) is 2.61. The van der Waals surface area contributed by atoms with Gasteiger partial charge in [-0.05, 0) is 48.4 Å². The van der Waals surface area contributed by atoms with Crippen LogP contribution in [-0.2, 0) is 11.2 Å². The van der Waals surface area contributed by atoms with Crippen LogP contribution in [0.25, 0.3) is 0 Å². The van der Waals surface area contributed by atoms with Gasteiger partial charge < -0.3 is 20.1 Å². The molecule has 0 atom stereocenters. The fourth-order valence-corrected chi connectivity index (χ4v) is 2.61. The van der Waals surface area contributed by atoms with E-state index in [0.29, 0.717) is 23.9 Å². The number of carbonyl (C=O) groups excluding carboxylic acids is 1. The Labute approximate surface area is 163 Å². The molecule has 0 fully saturated rings. The predicted octanol–water partition coefficient (Wildman–Crippen LogP) is 3.67. The number of rotatable bonds is 8. The van der Waals surface area contributed by atoms with Gasteiger partial charge in [0, 0.05) is 18.4 Å². The number of aromatic nitrogens is 2. The predicted molar refractivity (Wildman–Crippen MR) is 108 cm³/mol. The van der Waals surface area contributed by atoms with Crippen LogP contribution in [0, 0.1) is 0 Å². The second-order valence-electron chi connectivity index (χ2n) is 5.99. The van der Waals surface area contributed by atoms with Crippen molar-refractivity contribution in [1.29, 1.82) is 0 Å². The minimum absolute atomic E-state index is 0.382. The molecule has 0 radical (unpaired) electrons. The normalized spacial score (nSPS) is 10.2. The highest BCUT2D eigenvalue weighted by atomic mass is 16.5. The van der Waals surface area contributed by atoms with Crippen LogP contribution < -0.4 is 15.4 Å². The third-order valence-electron chi connectivity index (χ3n) is 4.07. The Kier molecular flexibility index (Phi) is 6.41. The number of ether oxygens (including phenoxy) is 2. The molecule has 0 aliphatic rings. The van der Waals surface area contributed by atoms with Crippen molar-refractivity contribution in [3.8, 4) is 5.75 Å². The Balaban J connectivity index is 1.58. The van der Waals surface area contributed by atoms with Crippen molar-refractivity contribution in [3.05, 3.63) is 71.9 Å². The van der Waals surface area contributed by atoms with Gasteiger partial charge in [-0.2, -0.15) is 4.98 Å². The number of benzene rings is 2.